The summed E-state index contributed by atoms with van der Waals surface area (Å²) in [5.74, 6) is 0.371. The van der Waals surface area contributed by atoms with Crippen LogP contribution in [0.2, 0.25) is 0 Å². The summed E-state index contributed by atoms with van der Waals surface area (Å²) in [6, 6.07) is 5.55. The Morgan fingerprint density at radius 3 is 2.74 bits per heavy atom. The van der Waals surface area contributed by atoms with Crippen LogP contribution in [0, 0.1) is 0 Å². The second-order valence-corrected chi connectivity index (χ2v) is 6.95. The molecule has 1 amide bonds. The van der Waals surface area contributed by atoms with Gasteiger partial charge >= 0.3 is 0 Å². The van der Waals surface area contributed by atoms with Crippen LogP contribution in [0.3, 0.4) is 0 Å². The van der Waals surface area contributed by atoms with Crippen molar-refractivity contribution in [1.82, 2.24) is 19.5 Å². The third-order valence-corrected chi connectivity index (χ3v) is 5.11. The molecule has 122 valence electrons. The van der Waals surface area contributed by atoms with E-state index in [0.29, 0.717) is 25.2 Å². The molecule has 2 aromatic rings. The Balaban J connectivity index is 1.81. The van der Waals surface area contributed by atoms with Gasteiger partial charge in [0.2, 0.25) is 5.91 Å². The fourth-order valence-corrected chi connectivity index (χ4v) is 3.77. The number of aromatic nitrogens is 3. The smallest absolute Gasteiger partial charge is 0.258 e. The van der Waals surface area contributed by atoms with Gasteiger partial charge in [0.1, 0.15) is 11.9 Å². The molecule has 0 aromatic carbocycles. The van der Waals surface area contributed by atoms with Crippen LogP contribution in [0.4, 0.5) is 5.82 Å². The standard InChI is InChI=1S/C14H17N5O3S/c1-18-13(7-9-16-18)19-10-4-5-11(14(19)20)17-23(21,22)12-6-2-3-8-15-12/h2-3,6-9,11,17H,4-5,10H2,1H3/t11-/m0/s1. The van der Waals surface area contributed by atoms with Crippen LogP contribution in [0.15, 0.2) is 41.7 Å². The first-order valence-electron chi connectivity index (χ1n) is 7.22. The van der Waals surface area contributed by atoms with E-state index >= 15 is 0 Å². The van der Waals surface area contributed by atoms with Crippen LogP contribution in [0.1, 0.15) is 12.8 Å². The Morgan fingerprint density at radius 2 is 2.09 bits per heavy atom. The summed E-state index contributed by atoms with van der Waals surface area (Å²) in [5, 5.41) is 3.96. The van der Waals surface area contributed by atoms with E-state index in [1.165, 1.54) is 12.3 Å². The van der Waals surface area contributed by atoms with E-state index < -0.39 is 16.1 Å². The summed E-state index contributed by atoms with van der Waals surface area (Å²) in [5.41, 5.74) is 0. The zero-order chi connectivity index (χ0) is 16.4. The lowest BCUT2D eigenvalue weighted by molar-refractivity contribution is -0.121. The van der Waals surface area contributed by atoms with Crippen molar-refractivity contribution in [3.8, 4) is 0 Å². The lowest BCUT2D eigenvalue weighted by atomic mass is 10.1. The first kappa shape index (κ1) is 15.6. The molecule has 3 rings (SSSR count). The summed E-state index contributed by atoms with van der Waals surface area (Å²) in [4.78, 5) is 18.0. The molecule has 1 aliphatic heterocycles. The third-order valence-electron chi connectivity index (χ3n) is 3.72. The maximum atomic E-state index is 12.6. The largest absolute Gasteiger partial charge is 0.296 e. The van der Waals surface area contributed by atoms with E-state index in [9.17, 15) is 13.2 Å². The zero-order valence-electron chi connectivity index (χ0n) is 12.6. The fourth-order valence-electron chi connectivity index (χ4n) is 2.60. The van der Waals surface area contributed by atoms with E-state index in [2.05, 4.69) is 14.8 Å². The number of pyridine rings is 1. The number of hydrogen-bond acceptors (Lipinski definition) is 5. The van der Waals surface area contributed by atoms with E-state index in [-0.39, 0.29) is 10.9 Å². The minimum atomic E-state index is -3.83. The summed E-state index contributed by atoms with van der Waals surface area (Å²) in [6.45, 7) is 0.542. The molecule has 1 aliphatic rings. The lowest BCUT2D eigenvalue weighted by Crippen LogP contribution is -2.52. The average molecular weight is 335 g/mol. The Morgan fingerprint density at radius 1 is 1.26 bits per heavy atom. The van der Waals surface area contributed by atoms with Crippen molar-refractivity contribution in [1.29, 1.82) is 0 Å². The number of carbonyl (C=O) groups is 1. The van der Waals surface area contributed by atoms with Crippen molar-refractivity contribution in [2.45, 2.75) is 23.9 Å². The van der Waals surface area contributed by atoms with Crippen LogP contribution in [-0.2, 0) is 21.9 Å². The van der Waals surface area contributed by atoms with Gasteiger partial charge in [-0.15, -0.1) is 0 Å². The van der Waals surface area contributed by atoms with Gasteiger partial charge in [-0.25, -0.2) is 13.4 Å². The molecule has 1 atom stereocenters. The molecule has 1 N–H and O–H groups in total. The van der Waals surface area contributed by atoms with Gasteiger partial charge in [0.05, 0.1) is 6.20 Å². The zero-order valence-corrected chi connectivity index (χ0v) is 13.4. The minimum absolute atomic E-state index is 0.0922. The van der Waals surface area contributed by atoms with Gasteiger partial charge in [0.25, 0.3) is 10.0 Å². The molecule has 1 fully saturated rings. The molecule has 3 heterocycles. The summed E-state index contributed by atoms with van der Waals surface area (Å²) < 4.78 is 28.7. The number of nitrogens with zero attached hydrogens (tertiary/aromatic N) is 4. The van der Waals surface area contributed by atoms with E-state index in [1.807, 2.05) is 0 Å². The number of sulfonamides is 1. The third kappa shape index (κ3) is 3.10. The van der Waals surface area contributed by atoms with Crippen molar-refractivity contribution in [2.75, 3.05) is 11.4 Å². The molecule has 1 saturated heterocycles. The number of rotatable bonds is 4. The van der Waals surface area contributed by atoms with Gasteiger partial charge < -0.3 is 0 Å². The Kier molecular flexibility index (Phi) is 4.14. The van der Waals surface area contributed by atoms with Gasteiger partial charge in [-0.3, -0.25) is 14.4 Å². The highest BCUT2D eigenvalue weighted by atomic mass is 32.2. The van der Waals surface area contributed by atoms with E-state index in [4.69, 9.17) is 0 Å². The van der Waals surface area contributed by atoms with Crippen LogP contribution in [-0.4, -0.2) is 41.7 Å². The van der Waals surface area contributed by atoms with Gasteiger partial charge in [0.15, 0.2) is 5.03 Å². The summed E-state index contributed by atoms with van der Waals surface area (Å²) in [6.07, 6.45) is 4.16. The fraction of sp³-hybridized carbons (Fsp3) is 0.357. The second kappa shape index (κ2) is 6.09. The molecule has 0 saturated carbocycles. The Labute approximate surface area is 134 Å². The summed E-state index contributed by atoms with van der Waals surface area (Å²) in [7, 11) is -2.09. The number of nitrogens with one attached hydrogen (secondary N) is 1. The van der Waals surface area contributed by atoms with Crippen LogP contribution in [0.5, 0.6) is 0 Å². The number of amides is 1. The molecule has 8 nitrogen and oxygen atoms in total. The molecule has 0 spiro atoms. The van der Waals surface area contributed by atoms with Crippen LogP contribution in [0.25, 0.3) is 0 Å². The molecule has 0 radical (unpaired) electrons. The topological polar surface area (TPSA) is 97.2 Å². The molecule has 9 heteroatoms. The highest BCUT2D eigenvalue weighted by Crippen LogP contribution is 2.21. The first-order chi connectivity index (χ1) is 11.0. The maximum absolute atomic E-state index is 12.6. The van der Waals surface area contributed by atoms with Crippen molar-refractivity contribution in [3.05, 3.63) is 36.7 Å². The van der Waals surface area contributed by atoms with Gasteiger partial charge in [-0.1, -0.05) is 6.07 Å². The normalized spacial score (nSPS) is 19.1. The molecule has 23 heavy (non-hydrogen) atoms. The highest BCUT2D eigenvalue weighted by molar-refractivity contribution is 7.89. The predicted octanol–water partition coefficient (Wildman–Crippen LogP) is 0.289. The number of piperidine rings is 1. The quantitative estimate of drug-likeness (QED) is 0.866. The number of aryl methyl sites for hydroxylation is 1. The monoisotopic (exact) mass is 335 g/mol. The van der Waals surface area contributed by atoms with E-state index in [0.717, 1.165) is 0 Å². The van der Waals surface area contributed by atoms with Crippen molar-refractivity contribution in [3.63, 3.8) is 0 Å². The molecule has 0 bridgehead atoms. The van der Waals surface area contributed by atoms with Gasteiger partial charge in [-0.05, 0) is 25.0 Å². The lowest BCUT2D eigenvalue weighted by Gasteiger charge is -2.32. The predicted molar refractivity (Wildman–Crippen MR) is 83.1 cm³/mol. The summed E-state index contributed by atoms with van der Waals surface area (Å²) >= 11 is 0. The second-order valence-electron chi connectivity index (χ2n) is 5.29. The first-order valence-corrected chi connectivity index (χ1v) is 8.70. The Bertz CT molecular complexity index is 803. The Hall–Kier alpha value is -2.26. The molecule has 0 aliphatic carbocycles. The van der Waals surface area contributed by atoms with Gasteiger partial charge in [0, 0.05) is 25.9 Å². The molecular weight excluding hydrogens is 318 g/mol. The molecular formula is C14H17N5O3S. The number of hydrogen-bond donors (Lipinski definition) is 1. The van der Waals surface area contributed by atoms with Crippen LogP contribution < -0.4 is 9.62 Å². The molecule has 0 unspecified atom stereocenters. The SMILES string of the molecule is Cn1nccc1N1CCC[C@H](NS(=O)(=O)c2ccccn2)C1=O. The number of anilines is 1. The highest BCUT2D eigenvalue weighted by Gasteiger charge is 2.34. The maximum Gasteiger partial charge on any atom is 0.258 e. The van der Waals surface area contributed by atoms with Gasteiger partial charge in [-0.2, -0.15) is 9.82 Å². The minimum Gasteiger partial charge on any atom is -0.296 e. The van der Waals surface area contributed by atoms with E-state index in [1.54, 1.807) is 41.0 Å². The van der Waals surface area contributed by atoms with Crippen molar-refractivity contribution in [2.24, 2.45) is 7.05 Å². The van der Waals surface area contributed by atoms with Crippen molar-refractivity contribution < 1.29 is 13.2 Å². The number of carbonyl (C=O) groups excluding carboxylic acids is 1. The van der Waals surface area contributed by atoms with Crippen molar-refractivity contribution >= 4 is 21.7 Å². The average Bonchev–Trinajstić information content (AvgIpc) is 2.96. The van der Waals surface area contributed by atoms with Crippen LogP contribution >= 0.6 is 0 Å². The molecule has 2 aromatic heterocycles.